The number of rotatable bonds is 38. The number of aryl methyl sites for hydroxylation is 5. The van der Waals surface area contributed by atoms with Gasteiger partial charge in [-0.15, -0.1) is 22.7 Å². The summed E-state index contributed by atoms with van der Waals surface area (Å²) in [4.78, 5) is 147. The van der Waals surface area contributed by atoms with Crippen molar-refractivity contribution in [2.45, 2.75) is 213 Å². The summed E-state index contributed by atoms with van der Waals surface area (Å²) >= 11 is 3.17. The maximum Gasteiger partial charge on any atom is 0.329 e. The fourth-order valence-corrected chi connectivity index (χ4v) is 21.7. The Balaban J connectivity index is 0.000000174. The molecular formula is C116H130N16O13S2. The Hall–Kier alpha value is -13.8. The fourth-order valence-electron chi connectivity index (χ4n) is 20.0. The van der Waals surface area contributed by atoms with E-state index in [0.29, 0.717) is 66.4 Å². The summed E-state index contributed by atoms with van der Waals surface area (Å²) in [7, 11) is 0. The van der Waals surface area contributed by atoms with Crippen LogP contribution in [0.25, 0.3) is 99.9 Å². The lowest BCUT2D eigenvalue weighted by Gasteiger charge is -2.39. The first-order valence-corrected chi connectivity index (χ1v) is 52.3. The molecule has 764 valence electrons. The van der Waals surface area contributed by atoms with Gasteiger partial charge >= 0.3 is 5.97 Å². The van der Waals surface area contributed by atoms with Crippen molar-refractivity contribution in [3.8, 4) is 77.5 Å². The molecule has 2 aliphatic carbocycles. The number of imidazole rings is 2. The van der Waals surface area contributed by atoms with Gasteiger partial charge in [-0.05, 0) is 230 Å². The van der Waals surface area contributed by atoms with Crippen molar-refractivity contribution in [2.24, 2.45) is 34.1 Å². The zero-order valence-electron chi connectivity index (χ0n) is 84.8. The van der Waals surface area contributed by atoms with E-state index in [1.54, 1.807) is 35.1 Å². The number of hydrogen-bond donors (Lipinski definition) is 7. The molecule has 2 saturated carbocycles. The number of thiazole rings is 2. The summed E-state index contributed by atoms with van der Waals surface area (Å²) < 4.78 is 14.6. The largest absolute Gasteiger partial charge is 0.480 e. The smallest absolute Gasteiger partial charge is 0.329 e. The molecule has 0 spiro atoms. The molecule has 8 aromatic heterocycles. The first kappa shape index (κ1) is 106. The lowest BCUT2D eigenvalue weighted by Crippen LogP contribution is -2.47. The van der Waals surface area contributed by atoms with Crippen LogP contribution in [0.5, 0.6) is 0 Å². The van der Waals surface area contributed by atoms with Gasteiger partial charge in [0.1, 0.15) is 49.1 Å². The molecule has 2 saturated heterocycles. The third-order valence-corrected chi connectivity index (χ3v) is 30.8. The standard InChI is InChI=1S/C58H64N8O6S.C30H30N6.C28H36N2O7S/c1-36-52(73-35-62-36)39-17-14-37(15-18-39)16-25-51(70)50-31-44(68)32-65(50)56(71)47(57(2,3)4)30-45(69)34-72-33-43(67)12-6-10-38-9-5-11-40(29-38)48-23-24-49-55(63-48)66(54(64-49)46-13-7-28-61-53(46)59)42-21-19-41(20-22-42)58(60)26-8-27-58;1-30(15-4-16-30)22-8-10-23(11-9-22)36-28(24-7-3-18-33-27(24)32)35-26-13-12-25(34-29(26)36)21-6-2-5-20(19-21)14-17-31;1-17-26(38-16-29-17)19-8-5-18(6-9-19)7-10-24(33)23-12-20(31)13-30(23)27(36)22(28(2,3)4)11-21(32)14-37-15-25(34)35/h5,7,9,11,13-15,17-24,28-29,35,44,47,50,68H,6,8,10,12,16,25-27,30-34,60H2,1-4H3,(H2,59,61);2-3,5-13,18-19H,4,14-17,31H2,1H3,(H2,32,33);5-6,8-9,16,20,22-23,31H,7,10-15H2,1-4H3,(H,34,35)/t44-,47-,50+;;20-,22-,23+/m1.1/s1. The van der Waals surface area contributed by atoms with E-state index in [9.17, 15) is 48.6 Å². The van der Waals surface area contributed by atoms with Crippen LogP contribution in [0.2, 0.25) is 0 Å². The predicted molar refractivity (Wildman–Crippen MR) is 573 cm³/mol. The van der Waals surface area contributed by atoms with E-state index in [2.05, 4.69) is 110 Å². The minimum atomic E-state index is -1.18. The minimum absolute atomic E-state index is 0.0315. The number of nitrogens with zero attached hydrogens (tertiary/aromatic N) is 12. The Morgan fingerprint density at radius 1 is 0.469 bits per heavy atom. The molecule has 0 radical (unpaired) electrons. The Morgan fingerprint density at radius 3 is 1.29 bits per heavy atom. The Bertz CT molecular complexity index is 7100. The number of hydrogen-bond acceptors (Lipinski definition) is 26. The number of ether oxygens (including phenoxy) is 2. The fraction of sp³-hybridized carbons (Fsp3) is 0.379. The molecule has 29 nitrogen and oxygen atoms in total. The summed E-state index contributed by atoms with van der Waals surface area (Å²) in [5.74, 6) is -2.25. The van der Waals surface area contributed by atoms with Crippen molar-refractivity contribution in [1.29, 1.82) is 0 Å². The number of β-amino-alcohol motifs (C(OH)–C–C–N with tert-alkyl or cyclic N) is 2. The average molecular weight is 2020 g/mol. The average Bonchev–Trinajstić information content (AvgIpc) is 1.72. The molecule has 14 aromatic rings. The quantitative estimate of drug-likeness (QED) is 0.0189. The summed E-state index contributed by atoms with van der Waals surface area (Å²) in [6, 6.07) is 63.8. The molecule has 2 aliphatic heterocycles. The lowest BCUT2D eigenvalue weighted by atomic mass is 9.66. The number of pyridine rings is 4. The van der Waals surface area contributed by atoms with Crippen LogP contribution in [0.3, 0.4) is 0 Å². The number of aliphatic hydroxyl groups is 2. The second-order valence-corrected chi connectivity index (χ2v) is 43.4. The zero-order valence-corrected chi connectivity index (χ0v) is 86.5. The van der Waals surface area contributed by atoms with Crippen molar-refractivity contribution >= 4 is 103 Å². The zero-order chi connectivity index (χ0) is 104. The highest BCUT2D eigenvalue weighted by Crippen LogP contribution is 2.46. The number of ketones is 5. The lowest BCUT2D eigenvalue weighted by molar-refractivity contribution is -0.147. The third-order valence-electron chi connectivity index (χ3n) is 28.9. The SMILES string of the molecule is CC1(c2ccc(-n3c(-c4cccnc4N)nc4ccc(-c5cccc(CCN)c5)nc43)cc2)CCC1.Cc1ncsc1-c1ccc(CCC(=O)[C@@H]2C[C@@H](O)CN2C(=O)[C@@H](CC(=O)COCC(=O)CCCc2cccc(-c3ccc4nc(-c5cccnc5N)n(-c5ccc(C6(N)CCC6)cc5)c4n3)c2)C(C)(C)C)cc1.Cc1ncsc1-c1ccc(CCC(=O)[C@@H]2C[C@@H](O)CN2C(=O)[C@@H](CC(=O)COCC(=O)O)C(C)(C)C)cc1. The number of amides is 2. The van der Waals surface area contributed by atoms with Crippen LogP contribution in [0.4, 0.5) is 11.6 Å². The number of benzene rings is 6. The van der Waals surface area contributed by atoms with Crippen molar-refractivity contribution in [2.75, 3.05) is 57.5 Å². The van der Waals surface area contributed by atoms with Gasteiger partial charge in [0.2, 0.25) is 11.8 Å². The molecule has 31 heteroatoms. The number of carbonyl (C=O) groups is 8. The number of Topliss-reactive ketones (excluding diaryl/α,β-unsaturated/α-hetero) is 5. The molecule has 0 bridgehead atoms. The molecule has 10 heterocycles. The molecule has 11 N–H and O–H groups in total. The van der Waals surface area contributed by atoms with Crippen LogP contribution >= 0.6 is 22.7 Å². The highest BCUT2D eigenvalue weighted by Gasteiger charge is 2.47. The van der Waals surface area contributed by atoms with E-state index in [1.165, 1.54) is 40.2 Å². The van der Waals surface area contributed by atoms with Crippen LogP contribution in [0.15, 0.2) is 218 Å². The van der Waals surface area contributed by atoms with Crippen LogP contribution in [-0.2, 0) is 84.5 Å². The van der Waals surface area contributed by atoms with Gasteiger partial charge in [0.05, 0.1) is 79.0 Å². The number of likely N-dealkylation sites (tertiary alicyclic amines) is 2. The maximum atomic E-state index is 14.2. The third kappa shape index (κ3) is 25.4. The van der Waals surface area contributed by atoms with Crippen LogP contribution in [0, 0.1) is 36.5 Å². The highest BCUT2D eigenvalue weighted by atomic mass is 32.1. The van der Waals surface area contributed by atoms with Crippen molar-refractivity contribution in [3.05, 3.63) is 262 Å². The molecule has 4 aliphatic rings. The van der Waals surface area contributed by atoms with Crippen molar-refractivity contribution < 1.29 is 63.1 Å². The van der Waals surface area contributed by atoms with E-state index in [0.717, 1.165) is 137 Å². The summed E-state index contributed by atoms with van der Waals surface area (Å²) in [6.45, 7) is 16.6. The number of aromatic nitrogens is 10. The van der Waals surface area contributed by atoms with Gasteiger partial charge in [-0.1, -0.05) is 164 Å². The minimum Gasteiger partial charge on any atom is -0.480 e. The molecule has 6 aromatic carbocycles. The van der Waals surface area contributed by atoms with Crippen LogP contribution in [0.1, 0.15) is 183 Å². The number of carboxylic acid groups (broad SMARTS) is 1. The second kappa shape index (κ2) is 46.5. The van der Waals surface area contributed by atoms with Crippen LogP contribution in [-0.4, -0.2) is 191 Å². The molecular weight excluding hydrogens is 1890 g/mol. The van der Waals surface area contributed by atoms with E-state index in [-0.39, 0.29) is 123 Å². The number of aliphatic hydroxyl groups excluding tert-OH is 2. The molecule has 147 heavy (non-hydrogen) atoms. The monoisotopic (exact) mass is 2020 g/mol. The van der Waals surface area contributed by atoms with Gasteiger partial charge in [-0.2, -0.15) is 0 Å². The summed E-state index contributed by atoms with van der Waals surface area (Å²) in [5.41, 5.74) is 48.4. The van der Waals surface area contributed by atoms with Gasteiger partial charge < -0.3 is 57.5 Å². The van der Waals surface area contributed by atoms with Crippen molar-refractivity contribution in [1.82, 2.24) is 58.8 Å². The number of anilines is 2. The summed E-state index contributed by atoms with van der Waals surface area (Å²) in [6.07, 6.45) is 12.4. The number of fused-ring (bicyclic) bond motifs is 2. The van der Waals surface area contributed by atoms with Gasteiger partial charge in [0.15, 0.2) is 51.9 Å². The topological polar surface area (TPSA) is 439 Å². The van der Waals surface area contributed by atoms with E-state index < -0.39 is 66.1 Å². The van der Waals surface area contributed by atoms with Crippen LogP contribution < -0.4 is 22.9 Å². The van der Waals surface area contributed by atoms with Gasteiger partial charge in [0.25, 0.3) is 0 Å². The second-order valence-electron chi connectivity index (χ2n) is 41.7. The van der Waals surface area contributed by atoms with Gasteiger partial charge in [-0.25, -0.2) is 44.7 Å². The Morgan fingerprint density at radius 2 is 0.898 bits per heavy atom. The summed E-state index contributed by atoms with van der Waals surface area (Å²) in [5, 5.41) is 29.7. The number of carbonyl (C=O) groups excluding carboxylic acids is 7. The van der Waals surface area contributed by atoms with Crippen molar-refractivity contribution in [3.63, 3.8) is 0 Å². The normalized spacial score (nSPS) is 16.7. The molecule has 2 amide bonds. The molecule has 18 rings (SSSR count). The number of nitrogen functional groups attached to an aromatic ring is 2. The Labute approximate surface area is 864 Å². The predicted octanol–water partition coefficient (Wildman–Crippen LogP) is 18.2. The number of nitrogens with two attached hydrogens (primary N) is 4. The first-order valence-electron chi connectivity index (χ1n) is 50.5. The first-order chi connectivity index (χ1) is 70.5. The number of aliphatic carboxylic acids is 1. The maximum absolute atomic E-state index is 14.2. The molecule has 4 fully saturated rings. The molecule has 6 atom stereocenters. The van der Waals surface area contributed by atoms with E-state index in [1.807, 2.05) is 186 Å². The Kier molecular flexibility index (Phi) is 33.6. The van der Waals surface area contributed by atoms with Gasteiger partial charge in [-0.3, -0.25) is 42.7 Å². The number of carboxylic acids is 1. The van der Waals surface area contributed by atoms with Gasteiger partial charge in [0, 0.05) is 110 Å². The molecule has 0 unspecified atom stereocenters. The van der Waals surface area contributed by atoms with E-state index >= 15 is 0 Å². The van der Waals surface area contributed by atoms with E-state index in [4.69, 9.17) is 57.5 Å². The highest BCUT2D eigenvalue weighted by molar-refractivity contribution is 7.13.